The van der Waals surface area contributed by atoms with Gasteiger partial charge in [-0.1, -0.05) is 18.2 Å². The van der Waals surface area contributed by atoms with Crippen LogP contribution in [-0.4, -0.2) is 9.55 Å². The van der Waals surface area contributed by atoms with E-state index in [1.807, 2.05) is 6.20 Å². The number of aryl methyl sites for hydroxylation is 1. The van der Waals surface area contributed by atoms with Gasteiger partial charge in [0.2, 0.25) is 0 Å². The Bertz CT molecular complexity index is 645. The zero-order chi connectivity index (χ0) is 14.7. The molecule has 1 aliphatic carbocycles. The van der Waals surface area contributed by atoms with E-state index in [-0.39, 0.29) is 0 Å². The molecule has 0 fully saturated rings. The van der Waals surface area contributed by atoms with Crippen LogP contribution in [0, 0.1) is 16.4 Å². The molecule has 1 heterocycles. The lowest BCUT2D eigenvalue weighted by Crippen LogP contribution is -2.16. The van der Waals surface area contributed by atoms with Crippen molar-refractivity contribution in [1.82, 2.24) is 9.55 Å². The van der Waals surface area contributed by atoms with Gasteiger partial charge in [0.05, 0.1) is 5.69 Å². The van der Waals surface area contributed by atoms with Crippen molar-refractivity contribution in [3.63, 3.8) is 0 Å². The molecular formula is C17H20IN3. The molecule has 0 amide bonds. The van der Waals surface area contributed by atoms with Crippen molar-refractivity contribution >= 4 is 28.3 Å². The Balaban J connectivity index is 1.59. The van der Waals surface area contributed by atoms with E-state index in [0.717, 1.165) is 31.1 Å². The van der Waals surface area contributed by atoms with Crippen LogP contribution in [-0.2, 0) is 6.54 Å². The molecule has 0 aliphatic heterocycles. The largest absolute Gasteiger partial charge is 0.358 e. The monoisotopic (exact) mass is 393 g/mol. The Morgan fingerprint density at radius 2 is 2.24 bits per heavy atom. The third-order valence-electron chi connectivity index (χ3n) is 4.07. The Morgan fingerprint density at radius 1 is 1.38 bits per heavy atom. The van der Waals surface area contributed by atoms with Crippen molar-refractivity contribution in [1.29, 1.82) is 0 Å². The predicted octanol–water partition coefficient (Wildman–Crippen LogP) is 4.59. The number of halogens is 1. The highest BCUT2D eigenvalue weighted by Gasteiger charge is 2.16. The Labute approximate surface area is 139 Å². The maximum Gasteiger partial charge on any atom is 0.105 e. The van der Waals surface area contributed by atoms with E-state index in [9.17, 15) is 0 Å². The smallest absolute Gasteiger partial charge is 0.105 e. The van der Waals surface area contributed by atoms with Crippen LogP contribution >= 0.6 is 22.6 Å². The number of hydrogen-bond acceptors (Lipinski definition) is 2. The van der Waals surface area contributed by atoms with Crippen molar-refractivity contribution in [2.45, 2.75) is 32.7 Å². The Morgan fingerprint density at radius 3 is 2.90 bits per heavy atom. The summed E-state index contributed by atoms with van der Waals surface area (Å²) < 4.78 is 3.53. The Hall–Kier alpha value is -1.30. The van der Waals surface area contributed by atoms with Gasteiger partial charge < -0.3 is 9.88 Å². The average Bonchev–Trinajstić information content (AvgIpc) is 2.89. The highest BCUT2D eigenvalue weighted by atomic mass is 127. The van der Waals surface area contributed by atoms with Gasteiger partial charge >= 0.3 is 0 Å². The number of allylic oxidation sites excluding steroid dienone is 2. The highest BCUT2D eigenvalue weighted by Crippen LogP contribution is 2.27. The zero-order valence-electron chi connectivity index (χ0n) is 12.2. The molecule has 1 unspecified atom stereocenters. The van der Waals surface area contributed by atoms with Gasteiger partial charge in [-0.05, 0) is 66.8 Å². The van der Waals surface area contributed by atoms with Gasteiger partial charge in [-0.3, -0.25) is 0 Å². The van der Waals surface area contributed by atoms with Crippen molar-refractivity contribution < 1.29 is 0 Å². The fourth-order valence-electron chi connectivity index (χ4n) is 2.78. The summed E-state index contributed by atoms with van der Waals surface area (Å²) in [6.07, 6.45) is 9.84. The van der Waals surface area contributed by atoms with Crippen LogP contribution < -0.4 is 5.32 Å². The van der Waals surface area contributed by atoms with Gasteiger partial charge in [-0.15, -0.1) is 0 Å². The summed E-state index contributed by atoms with van der Waals surface area (Å²) in [5, 5.41) is 3.57. The second-order valence-electron chi connectivity index (χ2n) is 5.60. The molecule has 0 saturated carbocycles. The second-order valence-corrected chi connectivity index (χ2v) is 6.76. The predicted molar refractivity (Wildman–Crippen MR) is 95.2 cm³/mol. The standard InChI is InChI=1S/C17H20IN3/c1-13-19-10-11-21(13)12-14-6-8-15(9-7-14)20-17-5-3-2-4-16(17)18/h2-5,8,10-11,14,20H,6-7,9,12H2,1H3. The lowest BCUT2D eigenvalue weighted by Gasteiger charge is -2.24. The summed E-state index contributed by atoms with van der Waals surface area (Å²) in [5.74, 6) is 1.83. The first-order valence-corrected chi connectivity index (χ1v) is 8.48. The lowest BCUT2D eigenvalue weighted by molar-refractivity contribution is 0.400. The van der Waals surface area contributed by atoms with E-state index in [2.05, 4.69) is 80.9 Å². The lowest BCUT2D eigenvalue weighted by atomic mass is 9.92. The summed E-state index contributed by atoms with van der Waals surface area (Å²) in [5.41, 5.74) is 2.57. The summed E-state index contributed by atoms with van der Waals surface area (Å²) in [7, 11) is 0. The molecule has 1 aliphatic rings. The number of benzene rings is 1. The average molecular weight is 393 g/mol. The first-order valence-electron chi connectivity index (χ1n) is 7.40. The fraction of sp³-hybridized carbons (Fsp3) is 0.353. The number of para-hydroxylation sites is 1. The van der Waals surface area contributed by atoms with Crippen LogP contribution in [0.3, 0.4) is 0 Å². The first kappa shape index (κ1) is 14.6. The van der Waals surface area contributed by atoms with Crippen LogP contribution in [0.1, 0.15) is 25.1 Å². The van der Waals surface area contributed by atoms with Crippen LogP contribution in [0.2, 0.25) is 0 Å². The van der Waals surface area contributed by atoms with Gasteiger partial charge in [-0.25, -0.2) is 4.98 Å². The summed E-state index contributed by atoms with van der Waals surface area (Å²) in [4.78, 5) is 4.30. The molecule has 2 aromatic rings. The molecule has 0 bridgehead atoms. The van der Waals surface area contributed by atoms with Gasteiger partial charge in [0.25, 0.3) is 0 Å². The zero-order valence-corrected chi connectivity index (χ0v) is 14.4. The first-order chi connectivity index (χ1) is 10.2. The molecule has 3 rings (SSSR count). The molecule has 21 heavy (non-hydrogen) atoms. The fourth-order valence-corrected chi connectivity index (χ4v) is 3.30. The number of nitrogens with zero attached hydrogens (tertiary/aromatic N) is 2. The number of aromatic nitrogens is 2. The van der Waals surface area contributed by atoms with E-state index in [0.29, 0.717) is 0 Å². The van der Waals surface area contributed by atoms with Crippen molar-refractivity contribution in [3.05, 3.63) is 57.8 Å². The molecule has 3 nitrogen and oxygen atoms in total. The van der Waals surface area contributed by atoms with E-state index in [4.69, 9.17) is 0 Å². The molecule has 0 spiro atoms. The maximum absolute atomic E-state index is 4.30. The minimum absolute atomic E-state index is 0.721. The number of anilines is 1. The molecule has 110 valence electrons. The van der Waals surface area contributed by atoms with Crippen LogP contribution in [0.4, 0.5) is 5.69 Å². The van der Waals surface area contributed by atoms with Crippen LogP contribution in [0.15, 0.2) is 48.4 Å². The third-order valence-corrected chi connectivity index (χ3v) is 5.01. The minimum atomic E-state index is 0.721. The van der Waals surface area contributed by atoms with Crippen LogP contribution in [0.5, 0.6) is 0 Å². The molecule has 1 N–H and O–H groups in total. The molecule has 1 aromatic carbocycles. The quantitative estimate of drug-likeness (QED) is 0.770. The van der Waals surface area contributed by atoms with Crippen LogP contribution in [0.25, 0.3) is 0 Å². The second kappa shape index (κ2) is 6.64. The van der Waals surface area contributed by atoms with E-state index in [1.54, 1.807) is 0 Å². The van der Waals surface area contributed by atoms with Gasteiger partial charge in [0.15, 0.2) is 0 Å². The highest BCUT2D eigenvalue weighted by molar-refractivity contribution is 14.1. The van der Waals surface area contributed by atoms with Gasteiger partial charge in [0.1, 0.15) is 5.82 Å². The number of nitrogens with one attached hydrogen (secondary N) is 1. The van der Waals surface area contributed by atoms with E-state index in [1.165, 1.54) is 21.4 Å². The Kier molecular flexibility index (Phi) is 4.63. The molecular weight excluding hydrogens is 373 g/mol. The topological polar surface area (TPSA) is 29.9 Å². The summed E-state index contributed by atoms with van der Waals surface area (Å²) in [6.45, 7) is 3.15. The van der Waals surface area contributed by atoms with E-state index >= 15 is 0 Å². The number of hydrogen-bond donors (Lipinski definition) is 1. The maximum atomic E-state index is 4.30. The molecule has 1 atom stereocenters. The minimum Gasteiger partial charge on any atom is -0.358 e. The number of imidazole rings is 1. The normalized spacial score (nSPS) is 18.4. The molecule has 0 radical (unpaired) electrons. The molecule has 0 saturated heterocycles. The SMILES string of the molecule is Cc1nccn1CC1CC=C(Nc2ccccc2I)CC1. The number of rotatable bonds is 4. The molecule has 4 heteroatoms. The molecule has 1 aromatic heterocycles. The summed E-state index contributed by atoms with van der Waals surface area (Å²) in [6, 6.07) is 8.44. The van der Waals surface area contributed by atoms with Crippen molar-refractivity contribution in [2.24, 2.45) is 5.92 Å². The van der Waals surface area contributed by atoms with Gasteiger partial charge in [-0.2, -0.15) is 0 Å². The van der Waals surface area contributed by atoms with Gasteiger partial charge in [0, 0.05) is 28.2 Å². The van der Waals surface area contributed by atoms with Crippen molar-refractivity contribution in [3.8, 4) is 0 Å². The summed E-state index contributed by atoms with van der Waals surface area (Å²) >= 11 is 2.38. The third kappa shape index (κ3) is 3.67. The van der Waals surface area contributed by atoms with E-state index < -0.39 is 0 Å². The van der Waals surface area contributed by atoms with Crippen molar-refractivity contribution in [2.75, 3.05) is 5.32 Å².